The van der Waals surface area contributed by atoms with Crippen molar-refractivity contribution in [1.29, 1.82) is 0 Å². The van der Waals surface area contributed by atoms with E-state index in [1.165, 1.54) is 0 Å². The molecule has 1 saturated carbocycles. The highest BCUT2D eigenvalue weighted by Gasteiger charge is 2.36. The quantitative estimate of drug-likeness (QED) is 0.753. The second-order valence-corrected chi connectivity index (χ2v) is 7.35. The smallest absolute Gasteiger partial charge is 0.214 e. The number of nitrogens with zero attached hydrogens (tertiary/aromatic N) is 1. The molecule has 17 heavy (non-hydrogen) atoms. The lowest BCUT2D eigenvalue weighted by atomic mass is 10.0. The van der Waals surface area contributed by atoms with Crippen molar-refractivity contribution in [2.45, 2.75) is 51.5 Å². The summed E-state index contributed by atoms with van der Waals surface area (Å²) in [6.07, 6.45) is 5.27. The fourth-order valence-electron chi connectivity index (χ4n) is 2.55. The van der Waals surface area contributed by atoms with Crippen LogP contribution in [0.1, 0.15) is 45.4 Å². The molecule has 0 aromatic carbocycles. The molecule has 0 aromatic heterocycles. The summed E-state index contributed by atoms with van der Waals surface area (Å²) in [5.74, 6) is 0.755. The van der Waals surface area contributed by atoms with Crippen LogP contribution in [0.3, 0.4) is 0 Å². The van der Waals surface area contributed by atoms with Crippen molar-refractivity contribution in [2.75, 3.05) is 12.3 Å². The fourth-order valence-corrected chi connectivity index (χ4v) is 4.72. The number of carbonyl (C=O) groups excluding carboxylic acids is 1. The number of Topliss-reactive ketones (excluding diaryl/α,β-unsaturated/α-hetero) is 1. The lowest BCUT2D eigenvalue weighted by molar-refractivity contribution is -0.118. The second kappa shape index (κ2) is 5.06. The Kier molecular flexibility index (Phi) is 3.88. The van der Waals surface area contributed by atoms with Gasteiger partial charge in [0, 0.05) is 19.0 Å². The van der Waals surface area contributed by atoms with Crippen molar-refractivity contribution in [2.24, 2.45) is 5.92 Å². The molecule has 0 radical (unpaired) electrons. The van der Waals surface area contributed by atoms with Gasteiger partial charge in [0.25, 0.3) is 0 Å². The summed E-state index contributed by atoms with van der Waals surface area (Å²) in [7, 11) is -3.13. The van der Waals surface area contributed by atoms with Gasteiger partial charge in [-0.2, -0.15) is 4.31 Å². The van der Waals surface area contributed by atoms with Crippen molar-refractivity contribution in [3.63, 3.8) is 0 Å². The van der Waals surface area contributed by atoms with E-state index in [9.17, 15) is 13.2 Å². The van der Waals surface area contributed by atoms with Gasteiger partial charge in [0.15, 0.2) is 0 Å². The predicted octanol–water partition coefficient (Wildman–Crippen LogP) is 1.56. The third kappa shape index (κ3) is 3.52. The first kappa shape index (κ1) is 13.0. The van der Waals surface area contributed by atoms with Crippen LogP contribution in [0.5, 0.6) is 0 Å². The molecule has 1 heterocycles. The number of rotatable bonds is 5. The SMILES string of the molecule is CC(=O)CC1CCCCN1S(=O)(=O)CC1CC1. The lowest BCUT2D eigenvalue weighted by Gasteiger charge is -2.34. The monoisotopic (exact) mass is 259 g/mol. The van der Waals surface area contributed by atoms with E-state index in [0.29, 0.717) is 24.6 Å². The molecule has 5 heteroatoms. The van der Waals surface area contributed by atoms with Crippen LogP contribution in [0, 0.1) is 5.92 Å². The van der Waals surface area contributed by atoms with Crippen LogP contribution < -0.4 is 0 Å². The summed E-state index contributed by atoms with van der Waals surface area (Å²) in [4.78, 5) is 11.2. The largest absolute Gasteiger partial charge is 0.300 e. The molecule has 0 N–H and O–H groups in total. The summed E-state index contributed by atoms with van der Waals surface area (Å²) in [6, 6.07) is -0.0787. The average molecular weight is 259 g/mol. The van der Waals surface area contributed by atoms with E-state index in [2.05, 4.69) is 0 Å². The Hall–Kier alpha value is -0.420. The molecule has 1 aliphatic carbocycles. The Morgan fingerprint density at radius 3 is 2.53 bits per heavy atom. The van der Waals surface area contributed by atoms with Crippen LogP contribution in [0.25, 0.3) is 0 Å². The van der Waals surface area contributed by atoms with Crippen LogP contribution >= 0.6 is 0 Å². The summed E-state index contributed by atoms with van der Waals surface area (Å²) in [5, 5.41) is 0. The third-order valence-corrected chi connectivity index (χ3v) is 5.68. The topological polar surface area (TPSA) is 54.5 Å². The summed E-state index contributed by atoms with van der Waals surface area (Å²) in [6.45, 7) is 2.15. The zero-order valence-corrected chi connectivity index (χ0v) is 11.2. The van der Waals surface area contributed by atoms with E-state index in [0.717, 1.165) is 32.1 Å². The fraction of sp³-hybridized carbons (Fsp3) is 0.917. The van der Waals surface area contributed by atoms with Crippen molar-refractivity contribution in [3.8, 4) is 0 Å². The van der Waals surface area contributed by atoms with Gasteiger partial charge < -0.3 is 0 Å². The molecule has 4 nitrogen and oxygen atoms in total. The molecule has 2 rings (SSSR count). The minimum Gasteiger partial charge on any atom is -0.300 e. The zero-order valence-electron chi connectivity index (χ0n) is 10.4. The minimum atomic E-state index is -3.13. The standard InChI is InChI=1S/C12H21NO3S/c1-10(14)8-12-4-2-3-7-13(12)17(15,16)9-11-5-6-11/h11-12H,2-9H2,1H3. The van der Waals surface area contributed by atoms with Gasteiger partial charge in [0.05, 0.1) is 5.75 Å². The van der Waals surface area contributed by atoms with Crippen molar-refractivity contribution in [3.05, 3.63) is 0 Å². The third-order valence-electron chi connectivity index (χ3n) is 3.60. The van der Waals surface area contributed by atoms with Gasteiger partial charge in [-0.3, -0.25) is 4.79 Å². The van der Waals surface area contributed by atoms with Gasteiger partial charge in [-0.05, 0) is 38.5 Å². The zero-order chi connectivity index (χ0) is 12.5. The number of carbonyl (C=O) groups is 1. The van der Waals surface area contributed by atoms with Crippen molar-refractivity contribution in [1.82, 2.24) is 4.31 Å². The van der Waals surface area contributed by atoms with Crippen LogP contribution in [-0.4, -0.2) is 36.8 Å². The molecule has 1 aliphatic heterocycles. The molecule has 2 aliphatic rings. The first-order valence-corrected chi connectivity index (χ1v) is 8.09. The van der Waals surface area contributed by atoms with Gasteiger partial charge in [0.1, 0.15) is 5.78 Å². The van der Waals surface area contributed by atoms with Gasteiger partial charge in [-0.15, -0.1) is 0 Å². The van der Waals surface area contributed by atoms with E-state index in [-0.39, 0.29) is 11.8 Å². The van der Waals surface area contributed by atoms with E-state index in [4.69, 9.17) is 0 Å². The van der Waals surface area contributed by atoms with Gasteiger partial charge in [-0.1, -0.05) is 6.42 Å². The maximum Gasteiger partial charge on any atom is 0.214 e. The molecule has 98 valence electrons. The highest BCUT2D eigenvalue weighted by molar-refractivity contribution is 7.89. The van der Waals surface area contributed by atoms with E-state index in [1.54, 1.807) is 11.2 Å². The molecule has 2 fully saturated rings. The minimum absolute atomic E-state index is 0.0787. The number of sulfonamides is 1. The van der Waals surface area contributed by atoms with Crippen LogP contribution in [0.2, 0.25) is 0 Å². The van der Waals surface area contributed by atoms with Gasteiger partial charge in [0.2, 0.25) is 10.0 Å². The number of piperidine rings is 1. The first-order chi connectivity index (χ1) is 7.99. The number of ketones is 1. The number of hydrogen-bond acceptors (Lipinski definition) is 3. The molecule has 0 bridgehead atoms. The Bertz CT molecular complexity index is 387. The highest BCUT2D eigenvalue weighted by atomic mass is 32.2. The molecule has 0 amide bonds. The summed E-state index contributed by atoms with van der Waals surface area (Å²) >= 11 is 0. The highest BCUT2D eigenvalue weighted by Crippen LogP contribution is 2.33. The lowest BCUT2D eigenvalue weighted by Crippen LogP contribution is -2.45. The Balaban J connectivity index is 2.06. The Morgan fingerprint density at radius 1 is 1.24 bits per heavy atom. The maximum absolute atomic E-state index is 12.2. The predicted molar refractivity (Wildman–Crippen MR) is 66.2 cm³/mol. The summed E-state index contributed by atoms with van der Waals surface area (Å²) < 4.78 is 26.1. The summed E-state index contributed by atoms with van der Waals surface area (Å²) in [5.41, 5.74) is 0. The molecule has 1 unspecified atom stereocenters. The molecule has 0 spiro atoms. The maximum atomic E-state index is 12.2. The van der Waals surface area contributed by atoms with Gasteiger partial charge >= 0.3 is 0 Å². The Morgan fingerprint density at radius 2 is 1.94 bits per heavy atom. The molecule has 0 aromatic rings. The van der Waals surface area contributed by atoms with E-state index < -0.39 is 10.0 Å². The molecule has 1 saturated heterocycles. The normalized spacial score (nSPS) is 27.0. The molecule has 1 atom stereocenters. The van der Waals surface area contributed by atoms with Gasteiger partial charge in [-0.25, -0.2) is 8.42 Å². The van der Waals surface area contributed by atoms with Crippen LogP contribution in [0.4, 0.5) is 0 Å². The van der Waals surface area contributed by atoms with Crippen LogP contribution in [-0.2, 0) is 14.8 Å². The van der Waals surface area contributed by atoms with Crippen LogP contribution in [0.15, 0.2) is 0 Å². The molecular formula is C12H21NO3S. The van der Waals surface area contributed by atoms with Crippen molar-refractivity contribution < 1.29 is 13.2 Å². The van der Waals surface area contributed by atoms with E-state index >= 15 is 0 Å². The van der Waals surface area contributed by atoms with Crippen molar-refractivity contribution >= 4 is 15.8 Å². The van der Waals surface area contributed by atoms with E-state index in [1.807, 2.05) is 0 Å². The Labute approximate surface area is 103 Å². The number of hydrogen-bond donors (Lipinski definition) is 0. The second-order valence-electron chi connectivity index (χ2n) is 5.39. The molecular weight excluding hydrogens is 238 g/mol. The first-order valence-electron chi connectivity index (χ1n) is 6.48. The average Bonchev–Trinajstić information content (AvgIpc) is 3.00.